The third-order valence-electron chi connectivity index (χ3n) is 8.45. The molecule has 1 aromatic heterocycles. The van der Waals surface area contributed by atoms with Crippen LogP contribution in [0.4, 0.5) is 0 Å². The first-order chi connectivity index (χ1) is 21.8. The van der Waals surface area contributed by atoms with E-state index in [2.05, 4.69) is 9.88 Å². The van der Waals surface area contributed by atoms with Crippen molar-refractivity contribution in [3.8, 4) is 17.2 Å². The molecule has 2 amide bonds. The highest BCUT2D eigenvalue weighted by atomic mass is 35.5. The molecule has 1 N–H and O–H groups in total. The number of hydrogen-bond donors (Lipinski definition) is 1. The zero-order chi connectivity index (χ0) is 31.9. The van der Waals surface area contributed by atoms with E-state index in [0.717, 1.165) is 35.3 Å². The van der Waals surface area contributed by atoms with Crippen LogP contribution in [0.2, 0.25) is 5.02 Å². The lowest BCUT2D eigenvalue weighted by molar-refractivity contribution is -0.143. The molecule has 2 aromatic carbocycles. The highest BCUT2D eigenvalue weighted by Crippen LogP contribution is 2.46. The molecule has 0 radical (unpaired) electrons. The Bertz CT molecular complexity index is 1520. The molecule has 3 aromatic rings. The number of methoxy groups -OCH3 is 2. The van der Waals surface area contributed by atoms with E-state index in [0.29, 0.717) is 48.9 Å². The summed E-state index contributed by atoms with van der Waals surface area (Å²) in [6.07, 6.45) is 3.65. The van der Waals surface area contributed by atoms with Crippen LogP contribution in [0.3, 0.4) is 0 Å². The van der Waals surface area contributed by atoms with Gasteiger partial charge in [-0.1, -0.05) is 23.7 Å². The van der Waals surface area contributed by atoms with Gasteiger partial charge in [0.2, 0.25) is 11.8 Å². The molecule has 1 fully saturated rings. The number of ether oxygens (including phenoxy) is 4. The smallest absolute Gasteiger partial charge is 0.325 e. The number of carbonyl (C=O) groups excluding carboxylic acids is 3. The van der Waals surface area contributed by atoms with E-state index < -0.39 is 18.2 Å². The Balaban J connectivity index is 1.27. The van der Waals surface area contributed by atoms with Crippen molar-refractivity contribution in [3.05, 3.63) is 76.6 Å². The summed E-state index contributed by atoms with van der Waals surface area (Å²) in [5.41, 5.74) is 3.57. The van der Waals surface area contributed by atoms with Crippen molar-refractivity contribution in [1.29, 1.82) is 0 Å². The van der Waals surface area contributed by atoms with Gasteiger partial charge in [-0.25, -0.2) is 0 Å². The number of likely N-dealkylation sites (tertiary alicyclic amines) is 1. The van der Waals surface area contributed by atoms with Gasteiger partial charge in [0.15, 0.2) is 11.5 Å². The zero-order valence-corrected chi connectivity index (χ0v) is 26.7. The van der Waals surface area contributed by atoms with Crippen molar-refractivity contribution in [3.63, 3.8) is 0 Å². The average molecular weight is 638 g/mol. The first-order valence-corrected chi connectivity index (χ1v) is 15.7. The SMILES string of the molecule is CCOC(=O)CNC(=O)CC1CCN(C(=O)CC[C@H]2O[C@H](c3cccc(OC)c3OC)c3cc(Cl)ccc3-n3cccc32)CC1. The maximum Gasteiger partial charge on any atom is 0.325 e. The van der Waals surface area contributed by atoms with Gasteiger partial charge < -0.3 is 33.7 Å². The molecular formula is C34H40ClN3O7. The summed E-state index contributed by atoms with van der Waals surface area (Å²) in [5.74, 6) is 0.770. The van der Waals surface area contributed by atoms with Gasteiger partial charge in [-0.3, -0.25) is 14.4 Å². The van der Waals surface area contributed by atoms with Crippen LogP contribution in [-0.2, 0) is 23.9 Å². The number of nitrogens with zero attached hydrogens (tertiary/aromatic N) is 2. The number of aromatic nitrogens is 1. The van der Waals surface area contributed by atoms with Crippen molar-refractivity contribution < 1.29 is 33.3 Å². The molecule has 0 aliphatic carbocycles. The molecule has 0 spiro atoms. The number of piperidine rings is 1. The molecule has 240 valence electrons. The Kier molecular flexibility index (Phi) is 10.7. The van der Waals surface area contributed by atoms with Crippen LogP contribution in [0.1, 0.15) is 68.1 Å². The highest BCUT2D eigenvalue weighted by Gasteiger charge is 2.34. The number of carbonyl (C=O) groups is 3. The van der Waals surface area contributed by atoms with Crippen LogP contribution >= 0.6 is 11.6 Å². The summed E-state index contributed by atoms with van der Waals surface area (Å²) < 4.78 is 25.2. The average Bonchev–Trinajstić information content (AvgIpc) is 3.49. The quantitative estimate of drug-likeness (QED) is 0.281. The predicted octanol–water partition coefficient (Wildman–Crippen LogP) is 5.40. The monoisotopic (exact) mass is 637 g/mol. The van der Waals surface area contributed by atoms with Gasteiger partial charge in [-0.2, -0.15) is 0 Å². The van der Waals surface area contributed by atoms with E-state index in [-0.39, 0.29) is 30.9 Å². The molecule has 11 heteroatoms. The number of benzene rings is 2. The van der Waals surface area contributed by atoms with Crippen LogP contribution in [0, 0.1) is 5.92 Å². The molecule has 5 rings (SSSR count). The fourth-order valence-corrected chi connectivity index (χ4v) is 6.41. The molecule has 3 heterocycles. The van der Waals surface area contributed by atoms with E-state index in [1.807, 2.05) is 59.6 Å². The predicted molar refractivity (Wildman–Crippen MR) is 169 cm³/mol. The van der Waals surface area contributed by atoms with Gasteiger partial charge in [0, 0.05) is 48.3 Å². The zero-order valence-electron chi connectivity index (χ0n) is 25.9. The minimum Gasteiger partial charge on any atom is -0.493 e. The van der Waals surface area contributed by atoms with Crippen molar-refractivity contribution in [1.82, 2.24) is 14.8 Å². The first kappa shape index (κ1) is 32.4. The fraction of sp³-hybridized carbons (Fsp3) is 0.441. The summed E-state index contributed by atoms with van der Waals surface area (Å²) >= 11 is 6.51. The number of hydrogen-bond acceptors (Lipinski definition) is 7. The second-order valence-corrected chi connectivity index (χ2v) is 11.7. The number of esters is 1. The van der Waals surface area contributed by atoms with Crippen molar-refractivity contribution in [2.24, 2.45) is 5.92 Å². The molecule has 1 saturated heterocycles. The summed E-state index contributed by atoms with van der Waals surface area (Å²) in [4.78, 5) is 39.1. The number of nitrogens with one attached hydrogen (secondary N) is 1. The lowest BCUT2D eigenvalue weighted by Crippen LogP contribution is -2.40. The van der Waals surface area contributed by atoms with E-state index >= 15 is 0 Å². The fourth-order valence-electron chi connectivity index (χ4n) is 6.23. The van der Waals surface area contributed by atoms with E-state index in [1.54, 1.807) is 21.1 Å². The van der Waals surface area contributed by atoms with Gasteiger partial charge >= 0.3 is 5.97 Å². The first-order valence-electron chi connectivity index (χ1n) is 15.4. The second-order valence-electron chi connectivity index (χ2n) is 11.2. The molecule has 2 aliphatic rings. The van der Waals surface area contributed by atoms with Gasteiger partial charge in [0.25, 0.3) is 0 Å². The Morgan fingerprint density at radius 3 is 2.56 bits per heavy atom. The van der Waals surface area contributed by atoms with E-state index in [9.17, 15) is 14.4 Å². The van der Waals surface area contributed by atoms with Gasteiger partial charge in [-0.05, 0) is 68.5 Å². The minimum atomic E-state index is -0.533. The number of halogens is 1. The molecule has 0 bridgehead atoms. The van der Waals surface area contributed by atoms with E-state index in [4.69, 9.17) is 30.5 Å². The summed E-state index contributed by atoms with van der Waals surface area (Å²) in [6, 6.07) is 15.5. The Labute approximate surface area is 268 Å². The molecule has 10 nitrogen and oxygen atoms in total. The maximum absolute atomic E-state index is 13.4. The lowest BCUT2D eigenvalue weighted by atomic mass is 9.93. The van der Waals surface area contributed by atoms with Crippen molar-refractivity contribution >= 4 is 29.4 Å². The Morgan fingerprint density at radius 1 is 1.02 bits per heavy atom. The summed E-state index contributed by atoms with van der Waals surface area (Å²) in [7, 11) is 3.21. The van der Waals surface area contributed by atoms with Crippen LogP contribution in [0.25, 0.3) is 5.69 Å². The largest absolute Gasteiger partial charge is 0.493 e. The molecule has 2 aliphatic heterocycles. The summed E-state index contributed by atoms with van der Waals surface area (Å²) in [6.45, 7) is 3.05. The van der Waals surface area contributed by atoms with Crippen LogP contribution in [0.15, 0.2) is 54.7 Å². The maximum atomic E-state index is 13.4. The number of rotatable bonds is 11. The topological polar surface area (TPSA) is 108 Å². The van der Waals surface area contributed by atoms with Gasteiger partial charge in [0.05, 0.1) is 38.3 Å². The number of para-hydroxylation sites is 1. The van der Waals surface area contributed by atoms with Gasteiger partial charge in [-0.15, -0.1) is 0 Å². The normalized spacial score (nSPS) is 17.9. The van der Waals surface area contributed by atoms with Crippen LogP contribution in [-0.4, -0.2) is 67.7 Å². The molecular weight excluding hydrogens is 598 g/mol. The minimum absolute atomic E-state index is 0.0576. The second kappa shape index (κ2) is 14.8. The molecule has 0 saturated carbocycles. The Morgan fingerprint density at radius 2 is 1.82 bits per heavy atom. The third kappa shape index (κ3) is 7.45. The molecule has 45 heavy (non-hydrogen) atoms. The molecule has 2 atom stereocenters. The highest BCUT2D eigenvalue weighted by molar-refractivity contribution is 6.30. The molecule has 0 unspecified atom stereocenters. The van der Waals surface area contributed by atoms with Crippen molar-refractivity contribution in [2.45, 2.75) is 51.2 Å². The van der Waals surface area contributed by atoms with Crippen LogP contribution in [0.5, 0.6) is 11.5 Å². The lowest BCUT2D eigenvalue weighted by Gasteiger charge is -2.32. The summed E-state index contributed by atoms with van der Waals surface area (Å²) in [5, 5.41) is 3.21. The standard InChI is InChI=1S/C34H40ClN3O7/c1-4-44-32(41)21-36-30(39)19-22-14-17-37(18-15-22)31(40)13-12-28-27-8-6-16-38(27)26-11-10-23(35)20-25(26)33(45-28)24-7-5-9-29(42-2)34(24)43-3/h5-11,16,20,22,28,33H,4,12-15,17-19,21H2,1-3H3,(H,36,39)/t28-,33-/m1/s1. The van der Waals surface area contributed by atoms with Gasteiger partial charge in [0.1, 0.15) is 12.6 Å². The van der Waals surface area contributed by atoms with Crippen molar-refractivity contribution in [2.75, 3.05) is 40.5 Å². The van der Waals surface area contributed by atoms with E-state index in [1.165, 1.54) is 0 Å². The number of amides is 2. The number of fused-ring (bicyclic) bond motifs is 3. The third-order valence-corrected chi connectivity index (χ3v) is 8.69. The Hall–Kier alpha value is -4.02. The van der Waals surface area contributed by atoms with Crippen LogP contribution < -0.4 is 14.8 Å².